The number of nitrogens with one attached hydrogen (secondary N) is 1. The second-order valence-corrected chi connectivity index (χ2v) is 8.08. The van der Waals surface area contributed by atoms with E-state index in [9.17, 15) is 9.59 Å². The molecule has 1 aromatic carbocycles. The number of piperazine rings is 1. The fraction of sp³-hybridized carbons (Fsp3) is 0.619. The van der Waals surface area contributed by atoms with Gasteiger partial charge in [-0.3, -0.25) is 14.6 Å². The SMILES string of the molecule is CC1CCC(NC(=O)CN2CCN(Cc3ccc(C(=O)O)cc3)CC2)CC1. The van der Waals surface area contributed by atoms with Crippen LogP contribution in [0.3, 0.4) is 0 Å². The molecule has 27 heavy (non-hydrogen) atoms. The van der Waals surface area contributed by atoms with Crippen molar-refractivity contribution in [3.05, 3.63) is 35.4 Å². The smallest absolute Gasteiger partial charge is 0.335 e. The maximum Gasteiger partial charge on any atom is 0.335 e. The van der Waals surface area contributed by atoms with E-state index in [1.807, 2.05) is 12.1 Å². The number of nitrogens with zero attached hydrogens (tertiary/aromatic N) is 2. The van der Waals surface area contributed by atoms with E-state index in [0.717, 1.165) is 57.0 Å². The summed E-state index contributed by atoms with van der Waals surface area (Å²) in [5.74, 6) is 0.0648. The number of carbonyl (C=O) groups is 2. The van der Waals surface area contributed by atoms with Crippen molar-refractivity contribution in [2.45, 2.75) is 45.2 Å². The zero-order valence-corrected chi connectivity index (χ0v) is 16.2. The fourth-order valence-corrected chi connectivity index (χ4v) is 4.00. The van der Waals surface area contributed by atoms with Crippen LogP contribution in [0.15, 0.2) is 24.3 Å². The fourth-order valence-electron chi connectivity index (χ4n) is 4.00. The average Bonchev–Trinajstić information content (AvgIpc) is 2.66. The summed E-state index contributed by atoms with van der Waals surface area (Å²) in [4.78, 5) is 27.8. The van der Waals surface area contributed by atoms with E-state index in [4.69, 9.17) is 5.11 Å². The molecule has 1 heterocycles. The average molecular weight is 373 g/mol. The Bertz CT molecular complexity index is 631. The minimum Gasteiger partial charge on any atom is -0.478 e. The van der Waals surface area contributed by atoms with Gasteiger partial charge >= 0.3 is 5.97 Å². The maximum atomic E-state index is 12.3. The van der Waals surface area contributed by atoms with Crippen LogP contribution in [0.4, 0.5) is 0 Å². The standard InChI is InChI=1S/C21H31N3O3/c1-16-2-8-19(9-3-16)22-20(25)15-24-12-10-23(11-13-24)14-17-4-6-18(7-5-17)21(26)27/h4-7,16,19H,2-3,8-15H2,1H3,(H,22,25)(H,26,27). The van der Waals surface area contributed by atoms with Crippen molar-refractivity contribution in [2.24, 2.45) is 5.92 Å². The molecule has 2 fully saturated rings. The highest BCUT2D eigenvalue weighted by molar-refractivity contribution is 5.87. The molecule has 6 heteroatoms. The lowest BCUT2D eigenvalue weighted by Crippen LogP contribution is -2.50. The van der Waals surface area contributed by atoms with Crippen LogP contribution in [-0.2, 0) is 11.3 Å². The van der Waals surface area contributed by atoms with Gasteiger partial charge in [-0.15, -0.1) is 0 Å². The topological polar surface area (TPSA) is 72.9 Å². The first-order chi connectivity index (χ1) is 13.0. The zero-order valence-electron chi connectivity index (χ0n) is 16.2. The van der Waals surface area contributed by atoms with E-state index >= 15 is 0 Å². The van der Waals surface area contributed by atoms with Crippen LogP contribution >= 0.6 is 0 Å². The quantitative estimate of drug-likeness (QED) is 0.800. The predicted molar refractivity (Wildman–Crippen MR) is 105 cm³/mol. The number of hydrogen-bond acceptors (Lipinski definition) is 4. The minimum absolute atomic E-state index is 0.160. The third kappa shape index (κ3) is 6.04. The number of rotatable bonds is 6. The molecule has 1 amide bonds. The third-order valence-corrected chi connectivity index (χ3v) is 5.82. The molecule has 1 saturated heterocycles. The molecule has 0 spiro atoms. The van der Waals surface area contributed by atoms with Crippen LogP contribution in [0, 0.1) is 5.92 Å². The van der Waals surface area contributed by atoms with Crippen LogP contribution in [0.25, 0.3) is 0 Å². The Morgan fingerprint density at radius 1 is 1.00 bits per heavy atom. The number of amides is 1. The van der Waals surface area contributed by atoms with Crippen molar-refractivity contribution < 1.29 is 14.7 Å². The van der Waals surface area contributed by atoms with E-state index in [1.54, 1.807) is 12.1 Å². The summed E-state index contributed by atoms with van der Waals surface area (Å²) in [6.07, 6.45) is 4.66. The Morgan fingerprint density at radius 2 is 1.59 bits per heavy atom. The zero-order chi connectivity index (χ0) is 19.2. The molecule has 148 valence electrons. The van der Waals surface area contributed by atoms with Gasteiger partial charge in [0.25, 0.3) is 0 Å². The van der Waals surface area contributed by atoms with Crippen LogP contribution in [0.5, 0.6) is 0 Å². The molecular weight excluding hydrogens is 342 g/mol. The molecule has 1 saturated carbocycles. The van der Waals surface area contributed by atoms with Gasteiger partial charge in [0.2, 0.25) is 5.91 Å². The van der Waals surface area contributed by atoms with Gasteiger partial charge in [0.15, 0.2) is 0 Å². The summed E-state index contributed by atoms with van der Waals surface area (Å²) in [5, 5.41) is 12.2. The number of hydrogen-bond donors (Lipinski definition) is 2. The maximum absolute atomic E-state index is 12.3. The third-order valence-electron chi connectivity index (χ3n) is 5.82. The molecule has 0 bridgehead atoms. The monoisotopic (exact) mass is 373 g/mol. The molecule has 2 aliphatic rings. The molecule has 0 unspecified atom stereocenters. The van der Waals surface area contributed by atoms with Crippen LogP contribution in [0.1, 0.15) is 48.5 Å². The van der Waals surface area contributed by atoms with Crippen molar-refractivity contribution >= 4 is 11.9 Å². The van der Waals surface area contributed by atoms with Gasteiger partial charge in [-0.05, 0) is 49.3 Å². The van der Waals surface area contributed by atoms with Crippen molar-refractivity contribution in [3.8, 4) is 0 Å². The van der Waals surface area contributed by atoms with E-state index in [-0.39, 0.29) is 5.91 Å². The second kappa shape index (κ2) is 9.33. The van der Waals surface area contributed by atoms with Gasteiger partial charge in [0.1, 0.15) is 0 Å². The Balaban J connectivity index is 1.37. The van der Waals surface area contributed by atoms with Crippen molar-refractivity contribution in [1.29, 1.82) is 0 Å². The Labute approximate surface area is 161 Å². The van der Waals surface area contributed by atoms with Gasteiger partial charge in [0, 0.05) is 38.8 Å². The van der Waals surface area contributed by atoms with Gasteiger partial charge in [0.05, 0.1) is 12.1 Å². The lowest BCUT2D eigenvalue weighted by atomic mass is 9.87. The Hall–Kier alpha value is -1.92. The van der Waals surface area contributed by atoms with Gasteiger partial charge in [-0.25, -0.2) is 4.79 Å². The van der Waals surface area contributed by atoms with Crippen LogP contribution < -0.4 is 5.32 Å². The molecule has 1 aromatic rings. The first-order valence-electron chi connectivity index (χ1n) is 10.1. The highest BCUT2D eigenvalue weighted by Gasteiger charge is 2.22. The number of carboxylic acids is 1. The van der Waals surface area contributed by atoms with Gasteiger partial charge in [-0.1, -0.05) is 19.1 Å². The number of benzene rings is 1. The van der Waals surface area contributed by atoms with E-state index < -0.39 is 5.97 Å². The molecular formula is C21H31N3O3. The van der Waals surface area contributed by atoms with E-state index in [1.165, 1.54) is 12.8 Å². The van der Waals surface area contributed by atoms with E-state index in [0.29, 0.717) is 18.2 Å². The molecule has 6 nitrogen and oxygen atoms in total. The van der Waals surface area contributed by atoms with Crippen molar-refractivity contribution in [3.63, 3.8) is 0 Å². The minimum atomic E-state index is -0.892. The summed E-state index contributed by atoms with van der Waals surface area (Å²) in [6.45, 7) is 7.24. The molecule has 0 atom stereocenters. The summed E-state index contributed by atoms with van der Waals surface area (Å²) in [6, 6.07) is 7.45. The van der Waals surface area contributed by atoms with Crippen molar-refractivity contribution in [1.82, 2.24) is 15.1 Å². The largest absolute Gasteiger partial charge is 0.478 e. The summed E-state index contributed by atoms with van der Waals surface area (Å²) >= 11 is 0. The second-order valence-electron chi connectivity index (χ2n) is 8.08. The lowest BCUT2D eigenvalue weighted by molar-refractivity contribution is -0.123. The summed E-state index contributed by atoms with van der Waals surface area (Å²) in [5.41, 5.74) is 1.44. The normalized spacial score (nSPS) is 24.5. The molecule has 2 N–H and O–H groups in total. The Kier molecular flexibility index (Phi) is 6.85. The first kappa shape index (κ1) is 19.8. The molecule has 1 aliphatic heterocycles. The summed E-state index contributed by atoms with van der Waals surface area (Å²) < 4.78 is 0. The van der Waals surface area contributed by atoms with Crippen molar-refractivity contribution in [2.75, 3.05) is 32.7 Å². The van der Waals surface area contributed by atoms with Crippen LogP contribution in [0.2, 0.25) is 0 Å². The van der Waals surface area contributed by atoms with Gasteiger partial charge < -0.3 is 10.4 Å². The predicted octanol–water partition coefficient (Wildman–Crippen LogP) is 2.20. The first-order valence-corrected chi connectivity index (χ1v) is 10.1. The number of aromatic carboxylic acids is 1. The molecule has 0 aromatic heterocycles. The number of carbonyl (C=O) groups excluding carboxylic acids is 1. The van der Waals surface area contributed by atoms with Crippen LogP contribution in [-0.4, -0.2) is 65.5 Å². The number of carboxylic acid groups (broad SMARTS) is 1. The highest BCUT2D eigenvalue weighted by atomic mass is 16.4. The molecule has 1 aliphatic carbocycles. The highest BCUT2D eigenvalue weighted by Crippen LogP contribution is 2.23. The Morgan fingerprint density at radius 3 is 2.19 bits per heavy atom. The molecule has 3 rings (SSSR count). The van der Waals surface area contributed by atoms with Gasteiger partial charge in [-0.2, -0.15) is 0 Å². The summed E-state index contributed by atoms with van der Waals surface area (Å²) in [7, 11) is 0. The molecule has 0 radical (unpaired) electrons. The van der Waals surface area contributed by atoms with E-state index in [2.05, 4.69) is 22.0 Å². The lowest BCUT2D eigenvalue weighted by Gasteiger charge is -2.35.